The number of piperidine rings is 1. The summed E-state index contributed by atoms with van der Waals surface area (Å²) in [6.07, 6.45) is 1.09. The highest BCUT2D eigenvalue weighted by molar-refractivity contribution is 7.11. The van der Waals surface area contributed by atoms with E-state index in [2.05, 4.69) is 25.8 Å². The minimum absolute atomic E-state index is 0.0635. The topological polar surface area (TPSA) is 118 Å². The lowest BCUT2D eigenvalue weighted by Crippen LogP contribution is -2.50. The molecule has 4 heterocycles. The van der Waals surface area contributed by atoms with Crippen molar-refractivity contribution in [2.45, 2.75) is 62.8 Å². The zero-order valence-corrected chi connectivity index (χ0v) is 24.7. The normalized spacial score (nSPS) is 18.9. The average molecular weight is 636 g/mol. The number of nitrogens with zero attached hydrogens (tertiary/aromatic N) is 6. The van der Waals surface area contributed by atoms with Crippen LogP contribution in [0.25, 0.3) is 21.5 Å². The summed E-state index contributed by atoms with van der Waals surface area (Å²) in [5.74, 6) is -1.46. The van der Waals surface area contributed by atoms with Gasteiger partial charge in [0.25, 0.3) is 12.0 Å². The van der Waals surface area contributed by atoms with E-state index in [1.54, 1.807) is 0 Å². The summed E-state index contributed by atoms with van der Waals surface area (Å²) in [4.78, 5) is 32.8. The second kappa shape index (κ2) is 11.6. The Morgan fingerprint density at radius 2 is 2.05 bits per heavy atom. The molecule has 43 heavy (non-hydrogen) atoms. The molecule has 0 spiro atoms. The largest absolute Gasteiger partial charge is 0.388 e. The predicted octanol–water partition coefficient (Wildman–Crippen LogP) is 3.97. The maximum Gasteiger partial charge on any atom is 0.281 e. The fourth-order valence-corrected chi connectivity index (χ4v) is 7.23. The Labute approximate surface area is 253 Å². The maximum atomic E-state index is 13.6. The number of alkyl halides is 2. The van der Waals surface area contributed by atoms with Gasteiger partial charge >= 0.3 is 0 Å². The Kier molecular flexibility index (Phi) is 8.05. The summed E-state index contributed by atoms with van der Waals surface area (Å²) in [5, 5.41) is 18.6. The molecule has 1 saturated heterocycles. The summed E-state index contributed by atoms with van der Waals surface area (Å²) < 4.78 is 46.9. The Bertz CT molecular complexity index is 1730. The number of amides is 1. The molecule has 228 valence electrons. The second-order valence-electron chi connectivity index (χ2n) is 11.1. The number of nitrogens with one attached hydrogen (secondary N) is 1. The summed E-state index contributed by atoms with van der Waals surface area (Å²) in [5.41, 5.74) is 2.04. The zero-order valence-electron chi connectivity index (χ0n) is 23.1. The standard InChI is InChI=1S/C28H29ClF3N7O3S/c1-33-18-3-2-15-10-16(11-17(29)22(15)18)25-23-24(36-43-25)27(41)38(14-34-23)13-28(42)5-8-37(9-6-28)21(40)12-19(26(31)32)39-7-4-20(30)35-39/h4,7,10-11,14,18-19,26,33,42H,2-3,5-6,8-9,12-13H2,1H3. The third-order valence-electron chi connectivity index (χ3n) is 8.44. The van der Waals surface area contributed by atoms with E-state index in [0.29, 0.717) is 10.5 Å². The first-order valence-corrected chi connectivity index (χ1v) is 15.1. The third kappa shape index (κ3) is 5.68. The second-order valence-corrected chi connectivity index (χ2v) is 12.3. The molecule has 15 heteroatoms. The first-order valence-electron chi connectivity index (χ1n) is 13.9. The van der Waals surface area contributed by atoms with Crippen molar-refractivity contribution >= 4 is 40.1 Å². The van der Waals surface area contributed by atoms with E-state index in [1.165, 1.54) is 27.3 Å². The highest BCUT2D eigenvalue weighted by Gasteiger charge is 2.37. The maximum absolute atomic E-state index is 13.6. The van der Waals surface area contributed by atoms with Gasteiger partial charge < -0.3 is 15.3 Å². The lowest BCUT2D eigenvalue weighted by Gasteiger charge is -2.38. The summed E-state index contributed by atoms with van der Waals surface area (Å²) in [7, 11) is 1.91. The van der Waals surface area contributed by atoms with Crippen molar-refractivity contribution in [2.24, 2.45) is 0 Å². The molecule has 6 rings (SSSR count). The molecule has 2 atom stereocenters. The predicted molar refractivity (Wildman–Crippen MR) is 155 cm³/mol. The van der Waals surface area contributed by atoms with Crippen LogP contribution in [0.5, 0.6) is 0 Å². The van der Waals surface area contributed by atoms with Gasteiger partial charge in [-0.3, -0.25) is 18.8 Å². The molecule has 2 unspecified atom stereocenters. The molecule has 1 aliphatic heterocycles. The Balaban J connectivity index is 1.15. The van der Waals surface area contributed by atoms with E-state index in [0.717, 1.165) is 51.4 Å². The number of aromatic nitrogens is 5. The van der Waals surface area contributed by atoms with Crippen molar-refractivity contribution in [3.63, 3.8) is 0 Å². The van der Waals surface area contributed by atoms with Crippen LogP contribution >= 0.6 is 23.1 Å². The Hall–Kier alpha value is -3.33. The number of aryl methyl sites for hydroxylation is 1. The van der Waals surface area contributed by atoms with Gasteiger partial charge in [0.15, 0.2) is 5.52 Å². The lowest BCUT2D eigenvalue weighted by atomic mass is 9.91. The average Bonchev–Trinajstić information content (AvgIpc) is 3.71. The van der Waals surface area contributed by atoms with E-state index >= 15 is 0 Å². The van der Waals surface area contributed by atoms with E-state index in [-0.39, 0.29) is 44.0 Å². The van der Waals surface area contributed by atoms with Crippen molar-refractivity contribution in [3.8, 4) is 10.4 Å². The van der Waals surface area contributed by atoms with Gasteiger partial charge in [-0.25, -0.2) is 13.8 Å². The number of benzene rings is 1. The van der Waals surface area contributed by atoms with E-state index < -0.39 is 41.9 Å². The van der Waals surface area contributed by atoms with Gasteiger partial charge in [-0.15, -0.1) is 5.10 Å². The highest BCUT2D eigenvalue weighted by Crippen LogP contribution is 2.41. The molecule has 0 bridgehead atoms. The van der Waals surface area contributed by atoms with Crippen molar-refractivity contribution in [2.75, 3.05) is 20.1 Å². The highest BCUT2D eigenvalue weighted by atomic mass is 35.5. The Morgan fingerprint density at radius 3 is 2.72 bits per heavy atom. The SMILES string of the molecule is CNC1CCc2cc(-c3snc4c(=O)n(CC5(O)CCN(C(=O)CC(C(F)F)n6ccc(F)n6)CC5)cnc34)cc(Cl)c21. The first kappa shape index (κ1) is 29.7. The fourth-order valence-electron chi connectivity index (χ4n) is 6.05. The number of carbonyl (C=O) groups excluding carboxylic acids is 1. The van der Waals surface area contributed by atoms with E-state index in [4.69, 9.17) is 11.6 Å². The molecule has 4 aromatic rings. The van der Waals surface area contributed by atoms with Gasteiger partial charge in [-0.2, -0.15) is 8.76 Å². The van der Waals surface area contributed by atoms with Crippen LogP contribution in [-0.4, -0.2) is 71.8 Å². The molecule has 1 aliphatic carbocycles. The number of halogens is 4. The van der Waals surface area contributed by atoms with Gasteiger partial charge in [-0.05, 0) is 73.1 Å². The molecule has 1 fully saturated rings. The molecule has 0 saturated carbocycles. The molecule has 1 aromatic carbocycles. The zero-order chi connectivity index (χ0) is 30.5. The van der Waals surface area contributed by atoms with E-state index in [9.17, 15) is 27.9 Å². The molecule has 1 amide bonds. The van der Waals surface area contributed by atoms with E-state index in [1.807, 2.05) is 13.1 Å². The number of hydrogen-bond donors (Lipinski definition) is 2. The summed E-state index contributed by atoms with van der Waals surface area (Å²) >= 11 is 7.82. The number of aliphatic hydroxyl groups is 1. The van der Waals surface area contributed by atoms with Crippen LogP contribution in [0.2, 0.25) is 5.02 Å². The summed E-state index contributed by atoms with van der Waals surface area (Å²) in [6, 6.07) is 3.51. The van der Waals surface area contributed by atoms with Gasteiger partial charge in [0, 0.05) is 36.4 Å². The monoisotopic (exact) mass is 635 g/mol. The number of carbonyl (C=O) groups is 1. The molecule has 10 nitrogen and oxygen atoms in total. The van der Waals surface area contributed by atoms with Crippen LogP contribution in [0.3, 0.4) is 0 Å². The lowest BCUT2D eigenvalue weighted by molar-refractivity contribution is -0.138. The minimum atomic E-state index is -2.92. The van der Waals surface area contributed by atoms with Crippen LogP contribution in [0.4, 0.5) is 13.2 Å². The number of fused-ring (bicyclic) bond motifs is 2. The number of likely N-dealkylation sites (tertiary alicyclic amines) is 1. The summed E-state index contributed by atoms with van der Waals surface area (Å²) in [6.45, 7) is 0.154. The molecule has 3 aromatic heterocycles. The molecule has 2 N–H and O–H groups in total. The molecular formula is C28H29ClF3N7O3S. The molecule has 0 radical (unpaired) electrons. The van der Waals surface area contributed by atoms with Crippen LogP contribution in [-0.2, 0) is 17.8 Å². The van der Waals surface area contributed by atoms with Gasteiger partial charge in [0.05, 0.1) is 29.8 Å². The quantitative estimate of drug-likeness (QED) is 0.301. The van der Waals surface area contributed by atoms with Crippen LogP contribution in [0.1, 0.15) is 48.9 Å². The molecular weight excluding hydrogens is 607 g/mol. The smallest absolute Gasteiger partial charge is 0.281 e. The van der Waals surface area contributed by atoms with Crippen molar-refractivity contribution in [1.82, 2.24) is 33.9 Å². The van der Waals surface area contributed by atoms with Crippen LogP contribution in [0.15, 0.2) is 35.5 Å². The van der Waals surface area contributed by atoms with Crippen molar-refractivity contribution in [3.05, 3.63) is 63.2 Å². The van der Waals surface area contributed by atoms with Crippen LogP contribution < -0.4 is 10.9 Å². The van der Waals surface area contributed by atoms with Crippen molar-refractivity contribution in [1.29, 1.82) is 0 Å². The Morgan fingerprint density at radius 1 is 1.28 bits per heavy atom. The number of rotatable bonds is 8. The minimum Gasteiger partial charge on any atom is -0.388 e. The first-order chi connectivity index (χ1) is 20.6. The molecule has 2 aliphatic rings. The van der Waals surface area contributed by atoms with Gasteiger partial charge in [0.2, 0.25) is 11.9 Å². The third-order valence-corrected chi connectivity index (χ3v) is 9.63. The fraction of sp³-hybridized carbons (Fsp3) is 0.464. The number of hydrogen-bond acceptors (Lipinski definition) is 8. The van der Waals surface area contributed by atoms with Gasteiger partial charge in [-0.1, -0.05) is 11.6 Å². The van der Waals surface area contributed by atoms with Gasteiger partial charge in [0.1, 0.15) is 11.6 Å². The van der Waals surface area contributed by atoms with Crippen molar-refractivity contribution < 1.29 is 23.1 Å². The van der Waals surface area contributed by atoms with Crippen LogP contribution in [0, 0.1) is 5.95 Å².